The van der Waals surface area contributed by atoms with Crippen molar-refractivity contribution in [3.8, 4) is 0 Å². The number of carbonyl (C=O) groups excluding carboxylic acids is 1. The summed E-state index contributed by atoms with van der Waals surface area (Å²) in [5.74, 6) is 1.50. The van der Waals surface area contributed by atoms with E-state index >= 15 is 0 Å². The molecule has 140 valence electrons. The first-order valence-electron chi connectivity index (χ1n) is 10.2. The van der Waals surface area contributed by atoms with Crippen LogP contribution in [0.4, 0.5) is 4.39 Å². The van der Waals surface area contributed by atoms with Crippen molar-refractivity contribution in [3.05, 3.63) is 35.1 Å². The van der Waals surface area contributed by atoms with Crippen LogP contribution in [0.1, 0.15) is 49.7 Å². The van der Waals surface area contributed by atoms with Gasteiger partial charge in [-0.2, -0.15) is 0 Å². The van der Waals surface area contributed by atoms with Crippen LogP contribution in [-0.2, 0) is 11.2 Å². The fourth-order valence-corrected chi connectivity index (χ4v) is 6.74. The number of benzene rings is 1. The van der Waals surface area contributed by atoms with E-state index in [4.69, 9.17) is 0 Å². The molecular weight excluding hydrogens is 329 g/mol. The van der Waals surface area contributed by atoms with Gasteiger partial charge in [0.25, 0.3) is 0 Å². The lowest BCUT2D eigenvalue weighted by Gasteiger charge is -2.49. The van der Waals surface area contributed by atoms with E-state index in [1.165, 1.54) is 6.42 Å². The van der Waals surface area contributed by atoms with Gasteiger partial charge in [0.05, 0.1) is 5.60 Å². The van der Waals surface area contributed by atoms with Crippen LogP contribution in [0, 0.1) is 36.4 Å². The fourth-order valence-electron chi connectivity index (χ4n) is 6.74. The van der Waals surface area contributed by atoms with Crippen molar-refractivity contribution < 1.29 is 14.3 Å². The van der Waals surface area contributed by atoms with Crippen LogP contribution >= 0.6 is 0 Å². The Labute approximate surface area is 154 Å². The van der Waals surface area contributed by atoms with E-state index in [1.807, 2.05) is 12.1 Å². The van der Waals surface area contributed by atoms with Crippen LogP contribution < -0.4 is 0 Å². The maximum atomic E-state index is 14.3. The molecule has 26 heavy (non-hydrogen) atoms. The lowest BCUT2D eigenvalue weighted by Crippen LogP contribution is -2.54. The Morgan fingerprint density at radius 2 is 2.15 bits per heavy atom. The van der Waals surface area contributed by atoms with Crippen molar-refractivity contribution >= 4 is 5.91 Å². The summed E-state index contributed by atoms with van der Waals surface area (Å²) in [5, 5.41) is 10.9. The number of hydrogen-bond donors (Lipinski definition) is 1. The van der Waals surface area contributed by atoms with E-state index in [2.05, 4.69) is 4.90 Å². The van der Waals surface area contributed by atoms with E-state index in [1.54, 1.807) is 13.0 Å². The zero-order valence-electron chi connectivity index (χ0n) is 15.5. The number of aryl methyl sites for hydroxylation is 1. The van der Waals surface area contributed by atoms with Crippen LogP contribution in [0.25, 0.3) is 0 Å². The maximum absolute atomic E-state index is 14.3. The van der Waals surface area contributed by atoms with Crippen LogP contribution in [0.3, 0.4) is 0 Å². The molecule has 1 aromatic rings. The summed E-state index contributed by atoms with van der Waals surface area (Å²) >= 11 is 0. The summed E-state index contributed by atoms with van der Waals surface area (Å²) in [5.41, 5.74) is 0.873. The zero-order chi connectivity index (χ0) is 18.1. The molecule has 3 unspecified atom stereocenters. The molecule has 3 saturated carbocycles. The number of aliphatic hydroxyl groups is 1. The number of hydrogen-bond acceptors (Lipinski definition) is 2. The van der Waals surface area contributed by atoms with Gasteiger partial charge in [-0.1, -0.05) is 18.2 Å². The summed E-state index contributed by atoms with van der Waals surface area (Å²) in [6, 6.07) is 5.77. The molecule has 1 saturated heterocycles. The Kier molecular flexibility index (Phi) is 3.72. The minimum Gasteiger partial charge on any atom is -0.390 e. The number of carbonyl (C=O) groups is 1. The van der Waals surface area contributed by atoms with Gasteiger partial charge in [-0.3, -0.25) is 4.79 Å². The molecule has 4 fully saturated rings. The molecule has 4 aliphatic rings. The van der Waals surface area contributed by atoms with E-state index in [-0.39, 0.29) is 17.6 Å². The molecule has 1 aromatic carbocycles. The minimum atomic E-state index is -0.447. The molecule has 1 amide bonds. The predicted octanol–water partition coefficient (Wildman–Crippen LogP) is 3.46. The topological polar surface area (TPSA) is 40.5 Å². The summed E-state index contributed by atoms with van der Waals surface area (Å²) in [4.78, 5) is 15.2. The molecule has 6 atom stereocenters. The highest BCUT2D eigenvalue weighted by Crippen LogP contribution is 2.60. The van der Waals surface area contributed by atoms with Crippen LogP contribution in [0.15, 0.2) is 18.2 Å². The van der Waals surface area contributed by atoms with Crippen LogP contribution in [0.5, 0.6) is 0 Å². The molecule has 3 aliphatic carbocycles. The van der Waals surface area contributed by atoms with Crippen molar-refractivity contribution in [1.82, 2.24) is 4.90 Å². The summed E-state index contributed by atoms with van der Waals surface area (Å²) in [7, 11) is 0. The molecule has 0 radical (unpaired) electrons. The van der Waals surface area contributed by atoms with Gasteiger partial charge in [-0.05, 0) is 80.8 Å². The molecule has 0 spiro atoms. The van der Waals surface area contributed by atoms with E-state index in [9.17, 15) is 14.3 Å². The molecule has 1 aliphatic heterocycles. The number of fused-ring (bicyclic) bond motifs is 1. The summed E-state index contributed by atoms with van der Waals surface area (Å²) < 4.78 is 14.3. The van der Waals surface area contributed by atoms with Gasteiger partial charge in [0.15, 0.2) is 0 Å². The highest BCUT2D eigenvalue weighted by Gasteiger charge is 2.60. The highest BCUT2D eigenvalue weighted by molar-refractivity contribution is 5.81. The van der Waals surface area contributed by atoms with Gasteiger partial charge < -0.3 is 10.0 Å². The van der Waals surface area contributed by atoms with Gasteiger partial charge in [0, 0.05) is 18.5 Å². The average Bonchev–Trinajstić information content (AvgIpc) is 3.27. The Bertz CT molecular complexity index is 750. The van der Waals surface area contributed by atoms with Crippen LogP contribution in [-0.4, -0.2) is 34.1 Å². The van der Waals surface area contributed by atoms with E-state index in [0.29, 0.717) is 41.3 Å². The molecule has 0 aromatic heterocycles. The first kappa shape index (κ1) is 16.7. The zero-order valence-corrected chi connectivity index (χ0v) is 15.5. The van der Waals surface area contributed by atoms with E-state index < -0.39 is 5.60 Å². The first-order valence-corrected chi connectivity index (χ1v) is 10.2. The van der Waals surface area contributed by atoms with Crippen molar-refractivity contribution in [2.24, 2.45) is 23.7 Å². The van der Waals surface area contributed by atoms with Crippen molar-refractivity contribution in [3.63, 3.8) is 0 Å². The number of nitrogens with zero attached hydrogens (tertiary/aromatic N) is 1. The van der Waals surface area contributed by atoms with Gasteiger partial charge in [0.1, 0.15) is 5.82 Å². The van der Waals surface area contributed by atoms with Gasteiger partial charge in [-0.15, -0.1) is 0 Å². The Morgan fingerprint density at radius 1 is 1.31 bits per heavy atom. The fraction of sp³-hybridized carbons (Fsp3) is 0.682. The van der Waals surface area contributed by atoms with Gasteiger partial charge in [-0.25, -0.2) is 4.39 Å². The largest absolute Gasteiger partial charge is 0.390 e. The normalized spacial score (nSPS) is 41.3. The lowest BCUT2D eigenvalue weighted by atomic mass is 9.65. The quantitative estimate of drug-likeness (QED) is 0.900. The van der Waals surface area contributed by atoms with Crippen molar-refractivity contribution in [2.45, 2.75) is 63.5 Å². The monoisotopic (exact) mass is 357 g/mol. The first-order chi connectivity index (χ1) is 12.5. The second kappa shape index (κ2) is 5.79. The molecule has 4 heteroatoms. The molecular formula is C22H28FNO2. The summed E-state index contributed by atoms with van der Waals surface area (Å²) in [6.45, 7) is 2.58. The number of halogens is 1. The molecule has 2 bridgehead atoms. The lowest BCUT2D eigenvalue weighted by molar-refractivity contribution is -0.141. The second-order valence-corrected chi connectivity index (χ2v) is 9.29. The Hall–Kier alpha value is -1.42. The molecule has 3 nitrogen and oxygen atoms in total. The third-order valence-corrected chi connectivity index (χ3v) is 7.90. The number of amides is 1. The van der Waals surface area contributed by atoms with Gasteiger partial charge in [0.2, 0.25) is 5.91 Å². The SMILES string of the molecule is Cc1cccc(CC2CCN([C@H]3CC[C@]4(O)CC5CC4[C@H]3C5)C2=O)c1F. The molecule has 5 rings (SSSR count). The van der Waals surface area contributed by atoms with Crippen molar-refractivity contribution in [1.29, 1.82) is 0 Å². The maximum Gasteiger partial charge on any atom is 0.226 e. The van der Waals surface area contributed by atoms with Gasteiger partial charge >= 0.3 is 0 Å². The van der Waals surface area contributed by atoms with Crippen molar-refractivity contribution in [2.75, 3.05) is 6.54 Å². The summed E-state index contributed by atoms with van der Waals surface area (Å²) in [6.07, 6.45) is 6.42. The number of likely N-dealkylation sites (tertiary alicyclic amines) is 1. The third kappa shape index (κ3) is 2.37. The minimum absolute atomic E-state index is 0.0919. The third-order valence-electron chi connectivity index (χ3n) is 7.90. The second-order valence-electron chi connectivity index (χ2n) is 9.29. The smallest absolute Gasteiger partial charge is 0.226 e. The van der Waals surface area contributed by atoms with Crippen LogP contribution in [0.2, 0.25) is 0 Å². The molecule has 1 heterocycles. The predicted molar refractivity (Wildman–Crippen MR) is 97.0 cm³/mol. The Morgan fingerprint density at radius 3 is 2.96 bits per heavy atom. The highest BCUT2D eigenvalue weighted by atomic mass is 19.1. The Balaban J connectivity index is 1.32. The molecule has 1 N–H and O–H groups in total. The standard InChI is InChI=1S/C22H28FNO2/c1-13-3-2-4-15(20(13)23)11-16-6-8-24(21(16)25)19-5-7-22(26)12-14-9-17(19)18(22)10-14/h2-4,14,16-19,26H,5-12H2,1H3/t14?,16?,17-,18?,19+,22+/m1/s1. The average molecular weight is 357 g/mol. The number of rotatable bonds is 3. The van der Waals surface area contributed by atoms with E-state index in [0.717, 1.165) is 38.6 Å².